The summed E-state index contributed by atoms with van der Waals surface area (Å²) in [6.07, 6.45) is 6.24. The maximum Gasteiger partial charge on any atom is 0.267 e. The molecule has 0 radical (unpaired) electrons. The Labute approximate surface area is 80.3 Å². The van der Waals surface area contributed by atoms with Crippen LogP contribution in [0, 0.1) is 11.8 Å². The second-order valence-corrected chi connectivity index (χ2v) is 6.22. The molecule has 2 atom stereocenters. The molecular weight excluding hydrogens is 188 g/mol. The van der Waals surface area contributed by atoms with Crippen molar-refractivity contribution in [3.63, 3.8) is 0 Å². The van der Waals surface area contributed by atoms with Gasteiger partial charge in [-0.25, -0.2) is 0 Å². The van der Waals surface area contributed by atoms with Crippen LogP contribution in [0.25, 0.3) is 0 Å². The SMILES string of the molecule is C1CC2CC2C1.CC(C)S(=O)(=O)O. The highest BCUT2D eigenvalue weighted by atomic mass is 32.2. The molecule has 2 aliphatic rings. The van der Waals surface area contributed by atoms with Crippen molar-refractivity contribution < 1.29 is 13.0 Å². The van der Waals surface area contributed by atoms with Gasteiger partial charge in [-0.3, -0.25) is 4.55 Å². The Morgan fingerprint density at radius 1 is 1.23 bits per heavy atom. The molecule has 2 fully saturated rings. The van der Waals surface area contributed by atoms with E-state index in [2.05, 4.69) is 0 Å². The molecule has 4 heteroatoms. The third kappa shape index (κ3) is 3.65. The Morgan fingerprint density at radius 3 is 1.69 bits per heavy atom. The molecule has 0 aromatic heterocycles. The van der Waals surface area contributed by atoms with Gasteiger partial charge in [-0.05, 0) is 32.1 Å². The van der Waals surface area contributed by atoms with E-state index in [1.807, 2.05) is 0 Å². The van der Waals surface area contributed by atoms with Crippen LogP contribution in [0.2, 0.25) is 0 Å². The zero-order chi connectivity index (χ0) is 10.1. The number of hydrogen-bond acceptors (Lipinski definition) is 2. The summed E-state index contributed by atoms with van der Waals surface area (Å²) in [6.45, 7) is 2.82. The van der Waals surface area contributed by atoms with Gasteiger partial charge in [0.15, 0.2) is 0 Å². The summed E-state index contributed by atoms with van der Waals surface area (Å²) in [5, 5.41) is -0.674. The summed E-state index contributed by atoms with van der Waals surface area (Å²) in [4.78, 5) is 0. The summed E-state index contributed by atoms with van der Waals surface area (Å²) in [6, 6.07) is 0. The van der Waals surface area contributed by atoms with Gasteiger partial charge in [0.05, 0.1) is 5.25 Å². The molecule has 2 rings (SSSR count). The van der Waals surface area contributed by atoms with Gasteiger partial charge < -0.3 is 0 Å². The van der Waals surface area contributed by atoms with Crippen LogP contribution >= 0.6 is 0 Å². The van der Waals surface area contributed by atoms with E-state index >= 15 is 0 Å². The Hall–Kier alpha value is -0.0900. The molecule has 2 saturated carbocycles. The lowest BCUT2D eigenvalue weighted by molar-refractivity contribution is 0.473. The minimum Gasteiger partial charge on any atom is -0.285 e. The van der Waals surface area contributed by atoms with E-state index in [1.54, 1.807) is 19.3 Å². The Bertz CT molecular complexity index is 248. The first kappa shape index (κ1) is 11.0. The summed E-state index contributed by atoms with van der Waals surface area (Å²) >= 11 is 0. The van der Waals surface area contributed by atoms with Crippen LogP contribution in [0.4, 0.5) is 0 Å². The zero-order valence-corrected chi connectivity index (χ0v) is 9.05. The first-order valence-corrected chi connectivity index (χ1v) is 6.38. The fourth-order valence-corrected chi connectivity index (χ4v) is 1.66. The molecule has 0 aromatic rings. The van der Waals surface area contributed by atoms with Crippen molar-refractivity contribution in [2.45, 2.75) is 44.8 Å². The van der Waals surface area contributed by atoms with Crippen molar-refractivity contribution >= 4 is 10.1 Å². The summed E-state index contributed by atoms with van der Waals surface area (Å²) in [5.41, 5.74) is 0. The minimum atomic E-state index is -3.74. The quantitative estimate of drug-likeness (QED) is 0.668. The minimum absolute atomic E-state index is 0.674. The fraction of sp³-hybridized carbons (Fsp3) is 1.00. The van der Waals surface area contributed by atoms with Gasteiger partial charge in [-0.15, -0.1) is 0 Å². The van der Waals surface area contributed by atoms with E-state index in [9.17, 15) is 8.42 Å². The van der Waals surface area contributed by atoms with Crippen LogP contribution in [-0.2, 0) is 10.1 Å². The van der Waals surface area contributed by atoms with Gasteiger partial charge in [0.1, 0.15) is 0 Å². The van der Waals surface area contributed by atoms with Gasteiger partial charge in [0.25, 0.3) is 10.1 Å². The standard InChI is InChI=1S/C6H10.C3H8O3S/c1-2-5-4-6(5)3-1;1-3(2)7(4,5)6/h5-6H,1-4H2;3H,1-2H3,(H,4,5,6). The largest absolute Gasteiger partial charge is 0.285 e. The molecule has 0 spiro atoms. The predicted octanol–water partition coefficient (Wildman–Crippen LogP) is 2.09. The summed E-state index contributed by atoms with van der Waals surface area (Å²) in [7, 11) is -3.74. The van der Waals surface area contributed by atoms with Gasteiger partial charge in [0, 0.05) is 0 Å². The van der Waals surface area contributed by atoms with E-state index in [0.29, 0.717) is 0 Å². The van der Waals surface area contributed by atoms with E-state index in [0.717, 1.165) is 0 Å². The fourth-order valence-electron chi connectivity index (χ4n) is 1.66. The average Bonchev–Trinajstić information content (AvgIpc) is 2.59. The molecular formula is C9H18O3S. The highest BCUT2D eigenvalue weighted by molar-refractivity contribution is 7.86. The Balaban J connectivity index is 0.000000130. The smallest absolute Gasteiger partial charge is 0.267 e. The second-order valence-electron chi connectivity index (χ2n) is 4.25. The molecule has 0 saturated heterocycles. The van der Waals surface area contributed by atoms with Crippen LogP contribution < -0.4 is 0 Å². The molecule has 0 heterocycles. The third-order valence-electron chi connectivity index (χ3n) is 2.81. The topological polar surface area (TPSA) is 54.4 Å². The molecule has 2 unspecified atom stereocenters. The van der Waals surface area contributed by atoms with Crippen LogP contribution in [0.15, 0.2) is 0 Å². The van der Waals surface area contributed by atoms with E-state index < -0.39 is 15.4 Å². The molecule has 0 amide bonds. The molecule has 1 N–H and O–H groups in total. The maximum atomic E-state index is 9.89. The van der Waals surface area contributed by atoms with Crippen LogP contribution in [0.1, 0.15) is 39.5 Å². The van der Waals surface area contributed by atoms with Crippen molar-refractivity contribution in [2.75, 3.05) is 0 Å². The van der Waals surface area contributed by atoms with Gasteiger partial charge in [-0.2, -0.15) is 8.42 Å². The Kier molecular flexibility index (Phi) is 3.35. The zero-order valence-electron chi connectivity index (χ0n) is 8.23. The van der Waals surface area contributed by atoms with Crippen molar-refractivity contribution in [2.24, 2.45) is 11.8 Å². The molecule has 13 heavy (non-hydrogen) atoms. The van der Waals surface area contributed by atoms with Crippen molar-refractivity contribution in [1.29, 1.82) is 0 Å². The highest BCUT2D eigenvalue weighted by Crippen LogP contribution is 2.51. The van der Waals surface area contributed by atoms with Crippen LogP contribution in [-0.4, -0.2) is 18.2 Å². The third-order valence-corrected chi connectivity index (χ3v) is 4.01. The number of fused-ring (bicyclic) bond motifs is 1. The lowest BCUT2D eigenvalue weighted by Crippen LogP contribution is -2.10. The highest BCUT2D eigenvalue weighted by Gasteiger charge is 2.40. The van der Waals surface area contributed by atoms with Crippen molar-refractivity contribution in [1.82, 2.24) is 0 Å². The molecule has 0 bridgehead atoms. The lowest BCUT2D eigenvalue weighted by atomic mass is 10.3. The lowest BCUT2D eigenvalue weighted by Gasteiger charge is -1.94. The monoisotopic (exact) mass is 206 g/mol. The molecule has 78 valence electrons. The summed E-state index contributed by atoms with van der Waals surface area (Å²) in [5.74, 6) is 2.43. The molecule has 2 aliphatic carbocycles. The first-order valence-electron chi connectivity index (χ1n) is 4.87. The normalized spacial score (nSPS) is 30.8. The van der Waals surface area contributed by atoms with Crippen LogP contribution in [0.3, 0.4) is 0 Å². The second kappa shape index (κ2) is 3.96. The van der Waals surface area contributed by atoms with Gasteiger partial charge in [-0.1, -0.05) is 19.3 Å². The Morgan fingerprint density at radius 2 is 1.62 bits per heavy atom. The predicted molar refractivity (Wildman–Crippen MR) is 52.1 cm³/mol. The molecule has 0 aromatic carbocycles. The van der Waals surface area contributed by atoms with E-state index in [1.165, 1.54) is 32.1 Å². The van der Waals surface area contributed by atoms with Crippen molar-refractivity contribution in [3.05, 3.63) is 0 Å². The molecule has 3 nitrogen and oxygen atoms in total. The molecule has 0 aliphatic heterocycles. The number of rotatable bonds is 1. The van der Waals surface area contributed by atoms with Gasteiger partial charge in [0.2, 0.25) is 0 Å². The van der Waals surface area contributed by atoms with Gasteiger partial charge >= 0.3 is 0 Å². The number of hydrogen-bond donors (Lipinski definition) is 1. The van der Waals surface area contributed by atoms with E-state index in [-0.39, 0.29) is 0 Å². The summed E-state index contributed by atoms with van der Waals surface area (Å²) < 4.78 is 27.8. The van der Waals surface area contributed by atoms with E-state index in [4.69, 9.17) is 4.55 Å². The maximum absolute atomic E-state index is 9.89. The van der Waals surface area contributed by atoms with Crippen LogP contribution in [0.5, 0.6) is 0 Å². The average molecular weight is 206 g/mol. The van der Waals surface area contributed by atoms with Crippen molar-refractivity contribution in [3.8, 4) is 0 Å². The first-order chi connectivity index (χ1) is 5.91.